The minimum atomic E-state index is 0.472. The van der Waals surface area contributed by atoms with Gasteiger partial charge in [-0.25, -0.2) is 0 Å². The molecule has 0 amide bonds. The Morgan fingerprint density at radius 1 is 0.658 bits per heavy atom. The Morgan fingerprint density at radius 2 is 1.21 bits per heavy atom. The summed E-state index contributed by atoms with van der Waals surface area (Å²) in [5.74, 6) is 0. The Bertz CT molecular complexity index is 1400. The highest BCUT2D eigenvalue weighted by molar-refractivity contribution is 6.03. The van der Waals surface area contributed by atoms with Gasteiger partial charge in [0.15, 0.2) is 0 Å². The Morgan fingerprint density at radius 3 is 1.84 bits per heavy atom. The third-order valence-corrected chi connectivity index (χ3v) is 10.0. The monoisotopic (exact) mass is 503 g/mol. The van der Waals surface area contributed by atoms with Crippen LogP contribution in [0.2, 0.25) is 0 Å². The Kier molecular flexibility index (Phi) is 5.53. The molecule has 0 radical (unpaired) electrons. The second kappa shape index (κ2) is 9.11. The smallest absolute Gasteiger partial charge is 0.0459 e. The zero-order valence-electron chi connectivity index (χ0n) is 22.3. The predicted octanol–water partition coefficient (Wildman–Crippen LogP) is 6.05. The summed E-state index contributed by atoms with van der Waals surface area (Å²) in [4.78, 5) is 12.3. The van der Waals surface area contributed by atoms with Crippen LogP contribution in [0.1, 0.15) is 85.7 Å². The zero-order valence-corrected chi connectivity index (χ0v) is 22.3. The quantitative estimate of drug-likeness (QED) is 0.522. The predicted molar refractivity (Wildman–Crippen MR) is 156 cm³/mol. The van der Waals surface area contributed by atoms with Crippen molar-refractivity contribution in [1.29, 1.82) is 0 Å². The first kappa shape index (κ1) is 23.1. The minimum Gasteiger partial charge on any atom is -0.309 e. The maximum Gasteiger partial charge on any atom is 0.0459 e. The first-order valence-corrected chi connectivity index (χ1v) is 14.7. The number of nitrogens with zero attached hydrogens (tertiary/aromatic N) is 3. The lowest BCUT2D eigenvalue weighted by atomic mass is 9.80. The number of hydrogen-bond acceptors (Lipinski definition) is 5. The molecule has 8 rings (SSSR count). The molecular formula is C33H37N5. The van der Waals surface area contributed by atoms with E-state index in [1.165, 1.54) is 83.3 Å². The summed E-state index contributed by atoms with van der Waals surface area (Å²) >= 11 is 0. The van der Waals surface area contributed by atoms with Gasteiger partial charge in [0, 0.05) is 60.8 Å². The van der Waals surface area contributed by atoms with Crippen LogP contribution in [0.5, 0.6) is 0 Å². The number of rotatable bonds is 5. The van der Waals surface area contributed by atoms with Crippen molar-refractivity contribution in [2.45, 2.75) is 75.5 Å². The maximum atomic E-state index is 4.90. The van der Waals surface area contributed by atoms with Gasteiger partial charge in [-0.3, -0.25) is 14.9 Å². The molecule has 6 aliphatic heterocycles. The van der Waals surface area contributed by atoms with Crippen LogP contribution in [0.15, 0.2) is 58.8 Å². The molecule has 3 saturated heterocycles. The highest BCUT2D eigenvalue weighted by atomic mass is 15.2. The SMILES string of the molecule is CN1C2CCC1c1c(-c3ccc(C4=CN=C([C@@H]5CCCN5)C4)cc3)ccc(C3=CN=C([C@@H]4CCCN4)C3)c12. The van der Waals surface area contributed by atoms with E-state index >= 15 is 0 Å². The van der Waals surface area contributed by atoms with Gasteiger partial charge in [-0.15, -0.1) is 0 Å². The van der Waals surface area contributed by atoms with E-state index in [9.17, 15) is 0 Å². The van der Waals surface area contributed by atoms with Gasteiger partial charge in [-0.2, -0.15) is 0 Å². The Hall–Kier alpha value is -2.86. The van der Waals surface area contributed by atoms with Crippen LogP contribution in [0.25, 0.3) is 22.3 Å². The van der Waals surface area contributed by atoms with Crippen molar-refractivity contribution in [3.8, 4) is 11.1 Å². The largest absolute Gasteiger partial charge is 0.309 e. The third kappa shape index (κ3) is 3.63. The Balaban J connectivity index is 1.08. The number of fused-ring (bicyclic) bond motifs is 5. The van der Waals surface area contributed by atoms with Crippen LogP contribution >= 0.6 is 0 Å². The minimum absolute atomic E-state index is 0.472. The van der Waals surface area contributed by atoms with Gasteiger partial charge >= 0.3 is 0 Å². The number of allylic oxidation sites excluding steroid dienone is 2. The Labute approximate surface area is 225 Å². The van der Waals surface area contributed by atoms with Crippen LogP contribution in [-0.2, 0) is 0 Å². The number of nitrogens with one attached hydrogen (secondary N) is 2. The fourth-order valence-corrected chi connectivity index (χ4v) is 7.99. The topological polar surface area (TPSA) is 52.0 Å². The van der Waals surface area contributed by atoms with E-state index in [4.69, 9.17) is 9.98 Å². The standard InChI is InChI=1S/C33H37N5/c1-38-30-12-13-31(38)33-25(23-17-29(37-19-23)27-5-3-15-35-27)11-10-24(32(30)33)21-8-6-20(7-9-21)22-16-28(36-18-22)26-4-2-14-34-26/h6-11,18-19,26-27,30-31,34-35H,2-5,12-17H2,1H3/t26-,27-,30?,31?/m0/s1. The van der Waals surface area contributed by atoms with Crippen LogP contribution < -0.4 is 10.6 Å². The molecule has 2 unspecified atom stereocenters. The summed E-state index contributed by atoms with van der Waals surface area (Å²) in [5.41, 5.74) is 14.0. The molecule has 5 nitrogen and oxygen atoms in total. The van der Waals surface area contributed by atoms with Crippen LogP contribution in [0, 0.1) is 0 Å². The van der Waals surface area contributed by atoms with Gasteiger partial charge in [0.1, 0.15) is 0 Å². The normalized spacial score (nSPS) is 30.0. The summed E-state index contributed by atoms with van der Waals surface area (Å²) in [6.45, 7) is 2.25. The molecule has 0 saturated carbocycles. The lowest BCUT2D eigenvalue weighted by molar-refractivity contribution is 0.280. The van der Waals surface area contributed by atoms with E-state index in [-0.39, 0.29) is 0 Å². The first-order valence-electron chi connectivity index (χ1n) is 14.7. The molecule has 2 aromatic rings. The van der Waals surface area contributed by atoms with Crippen LogP contribution in [0.4, 0.5) is 0 Å². The molecule has 2 aromatic carbocycles. The van der Waals surface area contributed by atoms with Gasteiger partial charge < -0.3 is 10.6 Å². The van der Waals surface area contributed by atoms with Crippen LogP contribution in [-0.4, -0.2) is 48.5 Å². The molecule has 194 valence electrons. The van der Waals surface area contributed by atoms with Crippen molar-refractivity contribution in [1.82, 2.24) is 15.5 Å². The molecule has 2 N–H and O–H groups in total. The summed E-state index contributed by atoms with van der Waals surface area (Å²) in [6.07, 6.45) is 13.7. The molecule has 6 aliphatic rings. The van der Waals surface area contributed by atoms with Crippen molar-refractivity contribution < 1.29 is 0 Å². The van der Waals surface area contributed by atoms with Gasteiger partial charge in [-0.1, -0.05) is 36.4 Å². The first-order chi connectivity index (χ1) is 18.7. The molecule has 38 heavy (non-hydrogen) atoms. The van der Waals surface area contributed by atoms with Crippen molar-refractivity contribution in [2.24, 2.45) is 9.98 Å². The van der Waals surface area contributed by atoms with E-state index in [1.807, 2.05) is 0 Å². The van der Waals surface area contributed by atoms with Gasteiger partial charge in [0.2, 0.25) is 0 Å². The highest BCUT2D eigenvalue weighted by Gasteiger charge is 2.45. The molecule has 6 heterocycles. The number of benzene rings is 2. The fraction of sp³-hybridized carbons (Fsp3) is 0.455. The van der Waals surface area contributed by atoms with E-state index in [0.717, 1.165) is 25.9 Å². The van der Waals surface area contributed by atoms with Crippen LogP contribution in [0.3, 0.4) is 0 Å². The molecule has 0 aromatic heterocycles. The third-order valence-electron chi connectivity index (χ3n) is 10.0. The zero-order chi connectivity index (χ0) is 25.2. The number of hydrogen-bond donors (Lipinski definition) is 2. The molecule has 4 atom stereocenters. The maximum absolute atomic E-state index is 4.90. The van der Waals surface area contributed by atoms with Crippen molar-refractivity contribution >= 4 is 22.6 Å². The van der Waals surface area contributed by atoms with E-state index < -0.39 is 0 Å². The van der Waals surface area contributed by atoms with Crippen molar-refractivity contribution in [2.75, 3.05) is 20.1 Å². The van der Waals surface area contributed by atoms with E-state index in [0.29, 0.717) is 24.2 Å². The molecule has 0 aliphatic carbocycles. The molecule has 2 bridgehead atoms. The molecule has 5 heteroatoms. The summed E-state index contributed by atoms with van der Waals surface area (Å²) in [7, 11) is 2.33. The molecular weight excluding hydrogens is 466 g/mol. The lowest BCUT2D eigenvalue weighted by Crippen LogP contribution is -2.29. The lowest BCUT2D eigenvalue weighted by Gasteiger charge is -2.22. The second-order valence-corrected chi connectivity index (χ2v) is 12.0. The van der Waals surface area contributed by atoms with Gasteiger partial charge in [0.25, 0.3) is 0 Å². The fourth-order valence-electron chi connectivity index (χ4n) is 7.99. The van der Waals surface area contributed by atoms with Gasteiger partial charge in [-0.05, 0) is 103 Å². The molecule has 3 fully saturated rings. The summed E-state index contributed by atoms with van der Waals surface area (Å²) < 4.78 is 0. The van der Waals surface area contributed by atoms with Gasteiger partial charge in [0.05, 0.1) is 0 Å². The average molecular weight is 504 g/mol. The average Bonchev–Trinajstić information content (AvgIpc) is 3.80. The van der Waals surface area contributed by atoms with Crippen molar-refractivity contribution in [3.63, 3.8) is 0 Å². The molecule has 0 spiro atoms. The van der Waals surface area contributed by atoms with Crippen molar-refractivity contribution in [3.05, 3.63) is 71.1 Å². The number of aliphatic imine (C=N–C) groups is 2. The van der Waals surface area contributed by atoms with E-state index in [2.05, 4.69) is 71.4 Å². The second-order valence-electron chi connectivity index (χ2n) is 12.0. The highest BCUT2D eigenvalue weighted by Crippen LogP contribution is 2.57. The summed E-state index contributed by atoms with van der Waals surface area (Å²) in [5, 5.41) is 7.24. The summed E-state index contributed by atoms with van der Waals surface area (Å²) in [6, 6.07) is 16.1. The van der Waals surface area contributed by atoms with E-state index in [1.54, 1.807) is 11.1 Å².